The fraction of sp³-hybridized carbons (Fsp3) is 0.900. The summed E-state index contributed by atoms with van der Waals surface area (Å²) in [5, 5.41) is 0. The van der Waals surface area contributed by atoms with Crippen LogP contribution in [0.25, 0.3) is 0 Å². The van der Waals surface area contributed by atoms with Gasteiger partial charge in [0.2, 0.25) is 0 Å². The van der Waals surface area contributed by atoms with E-state index in [1.807, 2.05) is 0 Å². The summed E-state index contributed by atoms with van der Waals surface area (Å²) in [6.45, 7) is 6.57. The van der Waals surface area contributed by atoms with Crippen LogP contribution in [0, 0.1) is 23.2 Å². The van der Waals surface area contributed by atoms with Gasteiger partial charge in [0.25, 0.3) is 0 Å². The van der Waals surface area contributed by atoms with Crippen molar-refractivity contribution in [3.63, 3.8) is 0 Å². The minimum absolute atomic E-state index is 0.337. The third-order valence-electron chi connectivity index (χ3n) is 3.94. The molecule has 11 heavy (non-hydrogen) atoms. The number of carbonyl (C=O) groups is 1. The lowest BCUT2D eigenvalue weighted by molar-refractivity contribution is -0.155. The van der Waals surface area contributed by atoms with Gasteiger partial charge in [0.15, 0.2) is 0 Å². The molecule has 3 atom stereocenters. The molecule has 0 spiro atoms. The monoisotopic (exact) mass is 152 g/mol. The van der Waals surface area contributed by atoms with Crippen LogP contribution < -0.4 is 0 Å². The van der Waals surface area contributed by atoms with E-state index in [1.54, 1.807) is 0 Å². The summed E-state index contributed by atoms with van der Waals surface area (Å²) < 4.78 is 0. The molecule has 3 rings (SSSR count). The summed E-state index contributed by atoms with van der Waals surface area (Å²) in [5.41, 5.74) is 0.337. The first kappa shape index (κ1) is 7.33. The van der Waals surface area contributed by atoms with Gasteiger partial charge in [-0.15, -0.1) is 0 Å². The van der Waals surface area contributed by atoms with Gasteiger partial charge in [-0.25, -0.2) is 0 Å². The highest BCUT2D eigenvalue weighted by atomic mass is 16.1. The van der Waals surface area contributed by atoms with Crippen LogP contribution in [0.2, 0.25) is 0 Å². The lowest BCUT2D eigenvalue weighted by atomic mass is 9.46. The van der Waals surface area contributed by atoms with Crippen LogP contribution in [0.1, 0.15) is 33.6 Å². The normalized spacial score (nSPS) is 46.8. The lowest BCUT2D eigenvalue weighted by Gasteiger charge is -2.57. The number of fused-ring (bicyclic) bond motifs is 2. The van der Waals surface area contributed by atoms with Gasteiger partial charge in [0.1, 0.15) is 5.78 Å². The van der Waals surface area contributed by atoms with E-state index in [-0.39, 0.29) is 0 Å². The zero-order chi connectivity index (χ0) is 8.22. The summed E-state index contributed by atoms with van der Waals surface area (Å²) >= 11 is 0. The Morgan fingerprint density at radius 1 is 1.36 bits per heavy atom. The van der Waals surface area contributed by atoms with Gasteiger partial charge in [-0.3, -0.25) is 4.79 Å². The minimum atomic E-state index is 0.337. The van der Waals surface area contributed by atoms with Gasteiger partial charge >= 0.3 is 0 Å². The van der Waals surface area contributed by atoms with E-state index in [2.05, 4.69) is 20.8 Å². The van der Waals surface area contributed by atoms with Crippen LogP contribution in [0.3, 0.4) is 0 Å². The average molecular weight is 152 g/mol. The Balaban J connectivity index is 2.23. The summed E-state index contributed by atoms with van der Waals surface area (Å²) in [6.07, 6.45) is 2.32. The third-order valence-corrected chi connectivity index (χ3v) is 3.94. The molecular weight excluding hydrogens is 136 g/mol. The Kier molecular flexibility index (Phi) is 1.25. The maximum Gasteiger partial charge on any atom is 0.139 e. The second-order valence-electron chi connectivity index (χ2n) is 4.85. The van der Waals surface area contributed by atoms with Crippen molar-refractivity contribution in [1.82, 2.24) is 0 Å². The summed E-state index contributed by atoms with van der Waals surface area (Å²) in [5.74, 6) is 2.11. The van der Waals surface area contributed by atoms with Crippen molar-refractivity contribution in [3.05, 3.63) is 0 Å². The molecule has 3 aliphatic carbocycles. The van der Waals surface area contributed by atoms with Crippen molar-refractivity contribution in [3.8, 4) is 0 Å². The highest BCUT2D eigenvalue weighted by molar-refractivity contribution is 5.86. The first-order valence-corrected chi connectivity index (χ1v) is 4.57. The second-order valence-corrected chi connectivity index (χ2v) is 4.85. The van der Waals surface area contributed by atoms with E-state index in [0.717, 1.165) is 12.3 Å². The summed E-state index contributed by atoms with van der Waals surface area (Å²) in [6, 6.07) is 0. The first-order valence-electron chi connectivity index (χ1n) is 4.57. The standard InChI is InChI=1S/C10H16O/c1-6-4-7-5-8(9(6)11)10(7,2)3/h6-8H,4-5H2,1-3H3/t6?,7-,8-/m1/s1. The molecule has 0 radical (unpaired) electrons. The Morgan fingerprint density at radius 3 is 2.36 bits per heavy atom. The molecule has 3 fully saturated rings. The number of hydrogen-bond acceptors (Lipinski definition) is 1. The molecule has 3 aliphatic rings. The molecule has 1 nitrogen and oxygen atoms in total. The maximum absolute atomic E-state index is 11.6. The van der Waals surface area contributed by atoms with E-state index in [0.29, 0.717) is 23.0 Å². The molecule has 0 aromatic carbocycles. The SMILES string of the molecule is CC1C[C@@H]2C[C@H](C1=O)C2(C)C. The quantitative estimate of drug-likeness (QED) is 0.520. The summed E-state index contributed by atoms with van der Waals surface area (Å²) in [7, 11) is 0. The number of hydrogen-bond donors (Lipinski definition) is 0. The Labute approximate surface area is 68.2 Å². The van der Waals surface area contributed by atoms with Gasteiger partial charge in [-0.05, 0) is 24.2 Å². The van der Waals surface area contributed by atoms with E-state index in [4.69, 9.17) is 0 Å². The van der Waals surface area contributed by atoms with Crippen LogP contribution in [0.15, 0.2) is 0 Å². The fourth-order valence-electron chi connectivity index (χ4n) is 2.79. The van der Waals surface area contributed by atoms with E-state index >= 15 is 0 Å². The summed E-state index contributed by atoms with van der Waals surface area (Å²) in [4.78, 5) is 11.6. The van der Waals surface area contributed by atoms with Gasteiger partial charge in [-0.1, -0.05) is 20.8 Å². The molecule has 3 saturated carbocycles. The molecule has 0 aromatic heterocycles. The Bertz CT molecular complexity index is 205. The van der Waals surface area contributed by atoms with Crippen LogP contribution in [-0.2, 0) is 4.79 Å². The van der Waals surface area contributed by atoms with Crippen molar-refractivity contribution >= 4 is 5.78 Å². The number of rotatable bonds is 0. The zero-order valence-corrected chi connectivity index (χ0v) is 7.55. The van der Waals surface area contributed by atoms with Crippen molar-refractivity contribution < 1.29 is 4.79 Å². The molecule has 0 aromatic rings. The van der Waals surface area contributed by atoms with E-state index < -0.39 is 0 Å². The maximum atomic E-state index is 11.6. The van der Waals surface area contributed by atoms with Crippen molar-refractivity contribution in [2.45, 2.75) is 33.6 Å². The molecule has 0 N–H and O–H groups in total. The molecular formula is C10H16O. The lowest BCUT2D eigenvalue weighted by Crippen LogP contribution is -2.55. The molecule has 2 bridgehead atoms. The van der Waals surface area contributed by atoms with Crippen molar-refractivity contribution in [2.75, 3.05) is 0 Å². The van der Waals surface area contributed by atoms with Gasteiger partial charge < -0.3 is 0 Å². The Morgan fingerprint density at radius 2 is 2.00 bits per heavy atom. The van der Waals surface area contributed by atoms with Crippen LogP contribution in [0.5, 0.6) is 0 Å². The number of ketones is 1. The smallest absolute Gasteiger partial charge is 0.139 e. The number of carbonyl (C=O) groups excluding carboxylic acids is 1. The third kappa shape index (κ3) is 0.743. The van der Waals surface area contributed by atoms with Gasteiger partial charge in [0.05, 0.1) is 0 Å². The van der Waals surface area contributed by atoms with Gasteiger partial charge in [0, 0.05) is 11.8 Å². The van der Waals surface area contributed by atoms with Crippen molar-refractivity contribution in [1.29, 1.82) is 0 Å². The van der Waals surface area contributed by atoms with E-state index in [9.17, 15) is 4.79 Å². The highest BCUT2D eigenvalue weighted by Crippen LogP contribution is 2.58. The number of Topliss-reactive ketones (excluding diaryl/α,β-unsaturated/α-hetero) is 1. The largest absolute Gasteiger partial charge is 0.299 e. The molecule has 62 valence electrons. The second kappa shape index (κ2) is 1.88. The highest BCUT2D eigenvalue weighted by Gasteiger charge is 2.56. The molecule has 0 aliphatic heterocycles. The molecule has 0 heterocycles. The predicted molar refractivity (Wildman–Crippen MR) is 44.2 cm³/mol. The topological polar surface area (TPSA) is 17.1 Å². The molecule has 0 amide bonds. The van der Waals surface area contributed by atoms with Crippen LogP contribution in [0.4, 0.5) is 0 Å². The van der Waals surface area contributed by atoms with Gasteiger partial charge in [-0.2, -0.15) is 0 Å². The van der Waals surface area contributed by atoms with Crippen LogP contribution >= 0.6 is 0 Å². The molecule has 1 unspecified atom stereocenters. The van der Waals surface area contributed by atoms with E-state index in [1.165, 1.54) is 6.42 Å². The fourth-order valence-corrected chi connectivity index (χ4v) is 2.79. The Hall–Kier alpha value is -0.330. The average Bonchev–Trinajstić information content (AvgIpc) is 1.93. The zero-order valence-electron chi connectivity index (χ0n) is 7.55. The molecule has 1 heteroatoms. The molecule has 0 saturated heterocycles. The van der Waals surface area contributed by atoms with Crippen LogP contribution in [-0.4, -0.2) is 5.78 Å². The first-order chi connectivity index (χ1) is 5.03. The predicted octanol–water partition coefficient (Wildman–Crippen LogP) is 2.26. The minimum Gasteiger partial charge on any atom is -0.299 e. The van der Waals surface area contributed by atoms with Crippen molar-refractivity contribution in [2.24, 2.45) is 23.2 Å².